The van der Waals surface area contributed by atoms with Gasteiger partial charge in [-0.3, -0.25) is 9.89 Å². The van der Waals surface area contributed by atoms with Crippen LogP contribution in [0, 0.1) is 12.7 Å². The second kappa shape index (κ2) is 8.04. The van der Waals surface area contributed by atoms with Crippen LogP contribution in [0.4, 0.5) is 4.39 Å². The number of amides is 1. The largest absolute Gasteiger partial charge is 0.460 e. The first-order valence-corrected chi connectivity index (χ1v) is 11.0. The molecule has 1 saturated heterocycles. The smallest absolute Gasteiger partial charge is 0.274 e. The summed E-state index contributed by atoms with van der Waals surface area (Å²) in [4.78, 5) is 14.5. The summed E-state index contributed by atoms with van der Waals surface area (Å²) in [5.74, 6) is 0.570. The maximum Gasteiger partial charge on any atom is 0.274 e. The van der Waals surface area contributed by atoms with Gasteiger partial charge in [-0.15, -0.1) is 0 Å². The summed E-state index contributed by atoms with van der Waals surface area (Å²) < 4.78 is 45.7. The number of nitrogens with zero attached hydrogens (tertiary/aromatic N) is 3. The normalized spacial score (nSPS) is 15.9. The van der Waals surface area contributed by atoms with Gasteiger partial charge in [-0.1, -0.05) is 0 Å². The lowest BCUT2D eigenvalue weighted by molar-refractivity contribution is 0.0758. The van der Waals surface area contributed by atoms with E-state index in [1.807, 2.05) is 13.0 Å². The molecule has 0 unspecified atom stereocenters. The van der Waals surface area contributed by atoms with Crippen molar-refractivity contribution in [2.24, 2.45) is 0 Å². The van der Waals surface area contributed by atoms with Crippen molar-refractivity contribution in [1.82, 2.24) is 19.4 Å². The number of H-pyrrole nitrogens is 1. The lowest BCUT2D eigenvalue weighted by Crippen LogP contribution is -2.37. The summed E-state index contributed by atoms with van der Waals surface area (Å²) in [6, 6.07) is 9.98. The molecule has 1 N–H and O–H groups in total. The van der Waals surface area contributed by atoms with Gasteiger partial charge in [-0.2, -0.15) is 9.40 Å². The number of carbonyl (C=O) groups is 1. The van der Waals surface area contributed by atoms with E-state index in [1.54, 1.807) is 17.0 Å². The Labute approximate surface area is 173 Å². The van der Waals surface area contributed by atoms with Crippen LogP contribution >= 0.6 is 0 Å². The van der Waals surface area contributed by atoms with Crippen molar-refractivity contribution < 1.29 is 22.0 Å². The fraction of sp³-hybridized carbons (Fsp3) is 0.300. The molecule has 1 aromatic carbocycles. The van der Waals surface area contributed by atoms with Crippen molar-refractivity contribution in [3.05, 3.63) is 59.7 Å². The van der Waals surface area contributed by atoms with Gasteiger partial charge in [-0.05, 0) is 49.7 Å². The minimum absolute atomic E-state index is 0.0364. The standard InChI is InChI=1S/C20H21FN4O4S/c1-14-3-8-19(29-14)17-13-18(23-22-17)20(26)24-9-2-10-25(12-11-24)30(27,28)16-6-4-15(21)5-7-16/h3-8,13H,2,9-12H2,1H3,(H,22,23). The molecular formula is C20H21FN4O4S. The molecule has 0 aliphatic carbocycles. The molecule has 10 heteroatoms. The number of aromatic amines is 1. The highest BCUT2D eigenvalue weighted by Gasteiger charge is 2.29. The summed E-state index contributed by atoms with van der Waals surface area (Å²) in [6.07, 6.45) is 0.487. The first-order chi connectivity index (χ1) is 14.3. The third kappa shape index (κ3) is 4.01. The Hall–Kier alpha value is -2.98. The molecule has 1 aliphatic rings. The van der Waals surface area contributed by atoms with Crippen LogP contribution < -0.4 is 0 Å². The average molecular weight is 432 g/mol. The Bertz CT molecular complexity index is 1150. The minimum Gasteiger partial charge on any atom is -0.460 e. The van der Waals surface area contributed by atoms with Gasteiger partial charge in [0.1, 0.15) is 17.3 Å². The number of carbonyl (C=O) groups excluding carboxylic acids is 1. The van der Waals surface area contributed by atoms with Crippen LogP contribution in [-0.2, 0) is 10.0 Å². The van der Waals surface area contributed by atoms with Crippen LogP contribution in [0.15, 0.2) is 51.8 Å². The van der Waals surface area contributed by atoms with E-state index in [2.05, 4.69) is 10.2 Å². The van der Waals surface area contributed by atoms with E-state index < -0.39 is 15.8 Å². The summed E-state index contributed by atoms with van der Waals surface area (Å²) >= 11 is 0. The molecule has 0 radical (unpaired) electrons. The highest BCUT2D eigenvalue weighted by molar-refractivity contribution is 7.89. The first-order valence-electron chi connectivity index (χ1n) is 9.52. The number of benzene rings is 1. The van der Waals surface area contributed by atoms with E-state index in [-0.39, 0.29) is 36.1 Å². The van der Waals surface area contributed by atoms with Crippen LogP contribution in [0.1, 0.15) is 22.7 Å². The molecule has 2 aromatic heterocycles. The maximum atomic E-state index is 13.1. The fourth-order valence-corrected chi connectivity index (χ4v) is 4.86. The Kier molecular flexibility index (Phi) is 5.44. The number of furan rings is 1. The molecule has 1 amide bonds. The first kappa shape index (κ1) is 20.3. The zero-order valence-corrected chi connectivity index (χ0v) is 17.2. The number of halogens is 1. The van der Waals surface area contributed by atoms with Gasteiger partial charge < -0.3 is 9.32 Å². The molecule has 158 valence electrons. The summed E-state index contributed by atoms with van der Waals surface area (Å²) in [5, 5.41) is 6.89. The molecule has 4 rings (SSSR count). The predicted molar refractivity (Wildman–Crippen MR) is 107 cm³/mol. The fourth-order valence-electron chi connectivity index (χ4n) is 3.39. The number of aromatic nitrogens is 2. The molecule has 3 heterocycles. The second-order valence-corrected chi connectivity index (χ2v) is 9.02. The molecule has 1 aliphatic heterocycles. The zero-order valence-electron chi connectivity index (χ0n) is 16.3. The van der Waals surface area contributed by atoms with Gasteiger partial charge in [-0.25, -0.2) is 12.8 Å². The van der Waals surface area contributed by atoms with Crippen LogP contribution in [0.2, 0.25) is 0 Å². The molecule has 1 fully saturated rings. The van der Waals surface area contributed by atoms with Gasteiger partial charge in [0.2, 0.25) is 10.0 Å². The summed E-state index contributed by atoms with van der Waals surface area (Å²) in [6.45, 7) is 2.91. The third-order valence-electron chi connectivity index (χ3n) is 5.00. The number of aryl methyl sites for hydroxylation is 1. The number of hydrogen-bond donors (Lipinski definition) is 1. The van der Waals surface area contributed by atoms with Gasteiger partial charge in [0.25, 0.3) is 5.91 Å². The van der Waals surface area contributed by atoms with E-state index in [4.69, 9.17) is 4.42 Å². The number of sulfonamides is 1. The average Bonchev–Trinajstić information content (AvgIpc) is 3.30. The SMILES string of the molecule is Cc1ccc(-c2cc(C(=O)N3CCCN(S(=O)(=O)c4ccc(F)cc4)CC3)n[nH]2)o1. The quantitative estimate of drug-likeness (QED) is 0.683. The van der Waals surface area contributed by atoms with Gasteiger partial charge in [0.05, 0.1) is 4.90 Å². The molecule has 0 saturated carbocycles. The lowest BCUT2D eigenvalue weighted by Gasteiger charge is -2.21. The van der Waals surface area contributed by atoms with Crippen molar-refractivity contribution >= 4 is 15.9 Å². The van der Waals surface area contributed by atoms with Crippen LogP contribution in [0.5, 0.6) is 0 Å². The number of nitrogens with one attached hydrogen (secondary N) is 1. The summed E-state index contributed by atoms with van der Waals surface area (Å²) in [5.41, 5.74) is 0.843. The highest BCUT2D eigenvalue weighted by Crippen LogP contribution is 2.22. The third-order valence-corrected chi connectivity index (χ3v) is 6.91. The molecule has 0 atom stereocenters. The molecule has 8 nitrogen and oxygen atoms in total. The monoisotopic (exact) mass is 432 g/mol. The summed E-state index contributed by atoms with van der Waals surface area (Å²) in [7, 11) is -3.75. The van der Waals surface area contributed by atoms with E-state index in [1.165, 1.54) is 16.4 Å². The van der Waals surface area contributed by atoms with Crippen molar-refractivity contribution in [2.45, 2.75) is 18.2 Å². The molecule has 0 spiro atoms. The second-order valence-electron chi connectivity index (χ2n) is 7.08. The van der Waals surface area contributed by atoms with Crippen molar-refractivity contribution in [3.63, 3.8) is 0 Å². The van der Waals surface area contributed by atoms with E-state index in [0.717, 1.165) is 17.9 Å². The maximum absolute atomic E-state index is 13.1. The van der Waals surface area contributed by atoms with Crippen LogP contribution in [0.25, 0.3) is 11.5 Å². The van der Waals surface area contributed by atoms with E-state index in [0.29, 0.717) is 24.4 Å². The van der Waals surface area contributed by atoms with Crippen molar-refractivity contribution in [1.29, 1.82) is 0 Å². The van der Waals surface area contributed by atoms with Crippen LogP contribution in [-0.4, -0.2) is 59.9 Å². The van der Waals surface area contributed by atoms with E-state index in [9.17, 15) is 17.6 Å². The predicted octanol–water partition coefficient (Wildman–Crippen LogP) is 2.65. The molecule has 0 bridgehead atoms. The Morgan fingerprint density at radius 1 is 1.10 bits per heavy atom. The van der Waals surface area contributed by atoms with Gasteiger partial charge >= 0.3 is 0 Å². The highest BCUT2D eigenvalue weighted by atomic mass is 32.2. The number of hydrogen-bond acceptors (Lipinski definition) is 5. The zero-order chi connectivity index (χ0) is 21.3. The Morgan fingerprint density at radius 2 is 1.87 bits per heavy atom. The minimum atomic E-state index is -3.75. The molecule has 30 heavy (non-hydrogen) atoms. The van der Waals surface area contributed by atoms with Gasteiger partial charge in [0, 0.05) is 32.2 Å². The van der Waals surface area contributed by atoms with Crippen LogP contribution in [0.3, 0.4) is 0 Å². The van der Waals surface area contributed by atoms with Crippen molar-refractivity contribution in [2.75, 3.05) is 26.2 Å². The number of rotatable bonds is 4. The van der Waals surface area contributed by atoms with E-state index >= 15 is 0 Å². The molecule has 3 aromatic rings. The molecular weight excluding hydrogens is 411 g/mol. The Balaban J connectivity index is 1.46. The topological polar surface area (TPSA) is 99.5 Å². The lowest BCUT2D eigenvalue weighted by atomic mass is 10.2. The van der Waals surface area contributed by atoms with Gasteiger partial charge in [0.15, 0.2) is 11.5 Å². The van der Waals surface area contributed by atoms with Crippen molar-refractivity contribution in [3.8, 4) is 11.5 Å². The Morgan fingerprint density at radius 3 is 2.57 bits per heavy atom.